The molecule has 2 unspecified atom stereocenters. The molecule has 0 fully saturated rings. The van der Waals surface area contributed by atoms with Gasteiger partial charge in [-0.1, -0.05) is 31.2 Å². The summed E-state index contributed by atoms with van der Waals surface area (Å²) in [6.45, 7) is 1.66. The Morgan fingerprint density at radius 3 is 2.80 bits per heavy atom. The van der Waals surface area contributed by atoms with Crippen molar-refractivity contribution >= 4 is 0 Å². The van der Waals surface area contributed by atoms with Gasteiger partial charge in [-0.25, -0.2) is 4.39 Å². The highest BCUT2D eigenvalue weighted by Crippen LogP contribution is 2.22. The molecule has 0 spiro atoms. The van der Waals surface area contributed by atoms with Gasteiger partial charge in [-0.2, -0.15) is 0 Å². The highest BCUT2D eigenvalue weighted by Gasteiger charge is 2.14. The zero-order chi connectivity index (χ0) is 11.3. The van der Waals surface area contributed by atoms with Crippen molar-refractivity contribution in [2.75, 3.05) is 6.61 Å². The van der Waals surface area contributed by atoms with Crippen molar-refractivity contribution < 1.29 is 9.50 Å². The largest absolute Gasteiger partial charge is 0.396 e. The Morgan fingerprint density at radius 1 is 1.47 bits per heavy atom. The maximum Gasteiger partial charge on any atom is 0.115 e. The lowest BCUT2D eigenvalue weighted by atomic mass is 9.92. The number of aliphatic hydroxyl groups excluding tert-OH is 1. The van der Waals surface area contributed by atoms with Gasteiger partial charge in [0.05, 0.1) is 0 Å². The number of benzene rings is 1. The molecule has 0 saturated carbocycles. The van der Waals surface area contributed by atoms with Gasteiger partial charge in [0.2, 0.25) is 0 Å². The molecular formula is C12H18FNO. The summed E-state index contributed by atoms with van der Waals surface area (Å²) in [4.78, 5) is 0. The average molecular weight is 211 g/mol. The quantitative estimate of drug-likeness (QED) is 0.784. The maximum absolute atomic E-state index is 12.4. The highest BCUT2D eigenvalue weighted by molar-refractivity contribution is 5.25. The van der Waals surface area contributed by atoms with Gasteiger partial charge < -0.3 is 10.8 Å². The van der Waals surface area contributed by atoms with Crippen molar-refractivity contribution in [3.05, 3.63) is 35.4 Å². The molecule has 1 rings (SSSR count). The van der Waals surface area contributed by atoms with E-state index in [1.165, 1.54) is 0 Å². The van der Waals surface area contributed by atoms with Crippen LogP contribution in [0.5, 0.6) is 0 Å². The Morgan fingerprint density at radius 2 is 2.20 bits per heavy atom. The van der Waals surface area contributed by atoms with Gasteiger partial charge in [0, 0.05) is 12.6 Å². The van der Waals surface area contributed by atoms with Crippen LogP contribution in [0.4, 0.5) is 4.39 Å². The van der Waals surface area contributed by atoms with Crippen LogP contribution < -0.4 is 5.73 Å². The fourth-order valence-corrected chi connectivity index (χ4v) is 1.60. The molecule has 3 N–H and O–H groups in total. The van der Waals surface area contributed by atoms with E-state index >= 15 is 0 Å². The Kier molecular flexibility index (Phi) is 4.72. The number of hydrogen-bond donors (Lipinski definition) is 2. The molecule has 0 radical (unpaired) electrons. The number of rotatable bonds is 5. The van der Waals surface area contributed by atoms with E-state index in [-0.39, 0.29) is 18.6 Å². The van der Waals surface area contributed by atoms with Crippen LogP contribution >= 0.6 is 0 Å². The molecule has 3 heteroatoms. The molecule has 1 aromatic rings. The Labute approximate surface area is 89.9 Å². The predicted molar refractivity (Wildman–Crippen MR) is 59.0 cm³/mol. The SMILES string of the molecule is CC(CCO)C(N)c1cccc(CF)c1. The standard InChI is InChI=1S/C12H18FNO/c1-9(5-6-15)12(14)11-4-2-3-10(7-11)8-13/h2-4,7,9,12,15H,5-6,8,14H2,1H3. The number of halogens is 1. The Bertz CT molecular complexity index is 303. The normalized spacial score (nSPS) is 14.9. The van der Waals surface area contributed by atoms with Crippen molar-refractivity contribution in [3.8, 4) is 0 Å². The van der Waals surface area contributed by atoms with Crippen LogP contribution in [0.1, 0.15) is 30.5 Å². The van der Waals surface area contributed by atoms with E-state index in [9.17, 15) is 4.39 Å². The molecule has 2 atom stereocenters. The van der Waals surface area contributed by atoms with Crippen molar-refractivity contribution in [1.29, 1.82) is 0 Å². The fraction of sp³-hybridized carbons (Fsp3) is 0.500. The average Bonchev–Trinajstić information content (AvgIpc) is 2.28. The first-order valence-electron chi connectivity index (χ1n) is 5.20. The van der Waals surface area contributed by atoms with Crippen LogP contribution in [0.15, 0.2) is 24.3 Å². The van der Waals surface area contributed by atoms with E-state index in [0.717, 1.165) is 5.56 Å². The van der Waals surface area contributed by atoms with E-state index in [0.29, 0.717) is 12.0 Å². The summed E-state index contributed by atoms with van der Waals surface area (Å²) < 4.78 is 12.4. The minimum absolute atomic E-state index is 0.136. The molecule has 0 aliphatic carbocycles. The Hall–Kier alpha value is -0.930. The van der Waals surface area contributed by atoms with Crippen LogP contribution in [0, 0.1) is 5.92 Å². The number of nitrogens with two attached hydrogens (primary N) is 1. The van der Waals surface area contributed by atoms with Crippen molar-refractivity contribution in [1.82, 2.24) is 0 Å². The molecule has 2 nitrogen and oxygen atoms in total. The molecule has 84 valence electrons. The van der Waals surface area contributed by atoms with Crippen LogP contribution in [0.25, 0.3) is 0 Å². The molecular weight excluding hydrogens is 193 g/mol. The lowest BCUT2D eigenvalue weighted by molar-refractivity contribution is 0.250. The molecule has 0 amide bonds. The zero-order valence-electron chi connectivity index (χ0n) is 8.99. The zero-order valence-corrected chi connectivity index (χ0v) is 8.99. The van der Waals surface area contributed by atoms with Crippen molar-refractivity contribution in [3.63, 3.8) is 0 Å². The first kappa shape index (κ1) is 12.1. The lowest BCUT2D eigenvalue weighted by Crippen LogP contribution is -2.20. The number of alkyl halides is 1. The third-order valence-electron chi connectivity index (χ3n) is 2.69. The summed E-state index contributed by atoms with van der Waals surface area (Å²) in [5.74, 6) is 0.199. The summed E-state index contributed by atoms with van der Waals surface area (Å²) in [5.41, 5.74) is 7.60. The second-order valence-corrected chi connectivity index (χ2v) is 3.89. The maximum atomic E-state index is 12.4. The minimum atomic E-state index is -0.463. The third kappa shape index (κ3) is 3.29. The number of aliphatic hydroxyl groups is 1. The van der Waals surface area contributed by atoms with Gasteiger partial charge in [-0.3, -0.25) is 0 Å². The van der Waals surface area contributed by atoms with E-state index in [1.807, 2.05) is 19.1 Å². The summed E-state index contributed by atoms with van der Waals surface area (Å²) in [6.07, 6.45) is 0.668. The topological polar surface area (TPSA) is 46.2 Å². The summed E-state index contributed by atoms with van der Waals surface area (Å²) in [6, 6.07) is 7.11. The summed E-state index contributed by atoms with van der Waals surface area (Å²) >= 11 is 0. The van der Waals surface area contributed by atoms with Crippen molar-refractivity contribution in [2.45, 2.75) is 26.1 Å². The van der Waals surface area contributed by atoms with Crippen LogP contribution in [-0.4, -0.2) is 11.7 Å². The van der Waals surface area contributed by atoms with Crippen molar-refractivity contribution in [2.24, 2.45) is 11.7 Å². The van der Waals surface area contributed by atoms with Crippen LogP contribution in [0.2, 0.25) is 0 Å². The van der Waals surface area contributed by atoms with Gasteiger partial charge in [0.25, 0.3) is 0 Å². The predicted octanol–water partition coefficient (Wildman–Crippen LogP) is 2.17. The third-order valence-corrected chi connectivity index (χ3v) is 2.69. The van der Waals surface area contributed by atoms with E-state index < -0.39 is 6.67 Å². The van der Waals surface area contributed by atoms with Crippen LogP contribution in [-0.2, 0) is 6.67 Å². The smallest absolute Gasteiger partial charge is 0.115 e. The molecule has 0 heterocycles. The second-order valence-electron chi connectivity index (χ2n) is 3.89. The first-order valence-corrected chi connectivity index (χ1v) is 5.20. The van der Waals surface area contributed by atoms with Gasteiger partial charge in [0.1, 0.15) is 6.67 Å². The minimum Gasteiger partial charge on any atom is -0.396 e. The van der Waals surface area contributed by atoms with Gasteiger partial charge in [0.15, 0.2) is 0 Å². The van der Waals surface area contributed by atoms with E-state index in [4.69, 9.17) is 10.8 Å². The second kappa shape index (κ2) is 5.83. The fourth-order valence-electron chi connectivity index (χ4n) is 1.60. The molecule has 1 aromatic carbocycles. The first-order chi connectivity index (χ1) is 7.19. The molecule has 0 bridgehead atoms. The van der Waals surface area contributed by atoms with Gasteiger partial charge >= 0.3 is 0 Å². The lowest BCUT2D eigenvalue weighted by Gasteiger charge is -2.19. The molecule has 0 aromatic heterocycles. The van der Waals surface area contributed by atoms with Crippen LogP contribution in [0.3, 0.4) is 0 Å². The number of hydrogen-bond acceptors (Lipinski definition) is 2. The molecule has 15 heavy (non-hydrogen) atoms. The Balaban J connectivity index is 2.76. The monoisotopic (exact) mass is 211 g/mol. The molecule has 0 aliphatic rings. The summed E-state index contributed by atoms with van der Waals surface area (Å²) in [7, 11) is 0. The van der Waals surface area contributed by atoms with E-state index in [1.54, 1.807) is 12.1 Å². The molecule has 0 saturated heterocycles. The van der Waals surface area contributed by atoms with E-state index in [2.05, 4.69) is 0 Å². The summed E-state index contributed by atoms with van der Waals surface area (Å²) in [5, 5.41) is 8.82. The van der Waals surface area contributed by atoms with Gasteiger partial charge in [-0.05, 0) is 23.5 Å². The van der Waals surface area contributed by atoms with Gasteiger partial charge in [-0.15, -0.1) is 0 Å². The highest BCUT2D eigenvalue weighted by atomic mass is 19.1. The molecule has 0 aliphatic heterocycles.